The van der Waals surface area contributed by atoms with E-state index >= 15 is 0 Å². The van der Waals surface area contributed by atoms with Gasteiger partial charge in [-0.3, -0.25) is 4.79 Å². The molecule has 0 bridgehead atoms. The van der Waals surface area contributed by atoms with Gasteiger partial charge in [0.2, 0.25) is 0 Å². The van der Waals surface area contributed by atoms with E-state index in [0.29, 0.717) is 30.6 Å². The number of fused-ring (bicyclic) bond motifs is 3. The minimum atomic E-state index is -0.0281. The number of aryl methyl sites for hydroxylation is 2. The molecule has 1 aromatic carbocycles. The van der Waals surface area contributed by atoms with E-state index in [2.05, 4.69) is 27.3 Å². The summed E-state index contributed by atoms with van der Waals surface area (Å²) in [5.41, 5.74) is 2.34. The number of H-pyrrole nitrogens is 1. The monoisotopic (exact) mass is 470 g/mol. The molecule has 0 amide bonds. The Hall–Kier alpha value is -2.29. The fourth-order valence-electron chi connectivity index (χ4n) is 4.09. The summed E-state index contributed by atoms with van der Waals surface area (Å²) in [4.78, 5) is 25.1. The van der Waals surface area contributed by atoms with Gasteiger partial charge in [-0.15, -0.1) is 11.3 Å². The Bertz CT molecular complexity index is 1110. The van der Waals surface area contributed by atoms with Crippen LogP contribution in [0, 0.1) is 0 Å². The second-order valence-electron chi connectivity index (χ2n) is 8.03. The predicted octanol–water partition coefficient (Wildman–Crippen LogP) is 4.17. The molecule has 2 aromatic heterocycles. The Morgan fingerprint density at radius 1 is 1.25 bits per heavy atom. The number of hydrogen-bond acceptors (Lipinski definition) is 5. The van der Waals surface area contributed by atoms with E-state index in [1.165, 1.54) is 16.9 Å². The summed E-state index contributed by atoms with van der Waals surface area (Å²) in [5.74, 6) is 0.649. The number of nitrogens with zero attached hydrogens (tertiary/aromatic N) is 2. The van der Waals surface area contributed by atoms with Crippen LogP contribution in [0.5, 0.6) is 0 Å². The van der Waals surface area contributed by atoms with E-state index in [0.717, 1.165) is 54.6 Å². The molecule has 0 spiro atoms. The van der Waals surface area contributed by atoms with Crippen molar-refractivity contribution in [3.8, 4) is 0 Å². The van der Waals surface area contributed by atoms with Gasteiger partial charge in [-0.25, -0.2) is 4.98 Å². The van der Waals surface area contributed by atoms with Crippen molar-refractivity contribution < 1.29 is 4.74 Å². The first-order valence-corrected chi connectivity index (χ1v) is 12.6. The summed E-state index contributed by atoms with van der Waals surface area (Å²) < 4.78 is 5.41. The Morgan fingerprint density at radius 3 is 2.88 bits per heavy atom. The molecule has 1 aliphatic carbocycles. The van der Waals surface area contributed by atoms with Crippen LogP contribution in [0.1, 0.15) is 48.0 Å². The summed E-state index contributed by atoms with van der Waals surface area (Å²) in [7, 11) is 0. The molecule has 170 valence electrons. The summed E-state index contributed by atoms with van der Waals surface area (Å²) in [6.07, 6.45) is 5.26. The molecule has 4 rings (SSSR count). The standard InChI is InChI=1S/C24H30N4O2S2/c1-2-30-14-8-13-25-24(31)28(15-17-9-4-3-5-10-17)16-20-26-22(29)21-18-11-6-7-12-19(18)32-23(21)27-20/h3-5,9-10H,2,6-8,11-16H2,1H3,(H,25,31)(H,26,27,29). The molecular weight excluding hydrogens is 440 g/mol. The van der Waals surface area contributed by atoms with Crippen LogP contribution in [0.2, 0.25) is 0 Å². The first kappa shape index (κ1) is 22.9. The predicted molar refractivity (Wildman–Crippen MR) is 134 cm³/mol. The molecule has 0 radical (unpaired) electrons. The molecule has 0 atom stereocenters. The van der Waals surface area contributed by atoms with Gasteiger partial charge in [-0.1, -0.05) is 30.3 Å². The van der Waals surface area contributed by atoms with Crippen LogP contribution in [0.3, 0.4) is 0 Å². The molecule has 6 nitrogen and oxygen atoms in total. The normalized spacial score (nSPS) is 13.2. The third-order valence-corrected chi connectivity index (χ3v) is 7.25. The quantitative estimate of drug-likeness (QED) is 0.361. The zero-order chi connectivity index (χ0) is 22.3. The SMILES string of the molecule is CCOCCCNC(=S)N(Cc1ccccc1)Cc1nc2sc3c(c2c(=O)[nH]1)CCCC3. The lowest BCUT2D eigenvalue weighted by Crippen LogP contribution is -2.40. The minimum Gasteiger partial charge on any atom is -0.382 e. The van der Waals surface area contributed by atoms with E-state index in [4.69, 9.17) is 21.9 Å². The van der Waals surface area contributed by atoms with Crippen LogP contribution < -0.4 is 10.9 Å². The Morgan fingerprint density at radius 2 is 2.06 bits per heavy atom. The number of ether oxygens (including phenoxy) is 1. The topological polar surface area (TPSA) is 70.2 Å². The number of nitrogens with one attached hydrogen (secondary N) is 2. The summed E-state index contributed by atoms with van der Waals surface area (Å²) in [5, 5.41) is 4.78. The third-order valence-electron chi connectivity index (χ3n) is 5.66. The maximum atomic E-state index is 12.9. The van der Waals surface area contributed by atoms with Gasteiger partial charge in [-0.2, -0.15) is 0 Å². The second-order valence-corrected chi connectivity index (χ2v) is 9.50. The fraction of sp³-hybridized carbons (Fsp3) is 0.458. The van der Waals surface area contributed by atoms with Crippen molar-refractivity contribution in [3.05, 3.63) is 62.5 Å². The molecule has 0 saturated heterocycles. The van der Waals surface area contributed by atoms with Gasteiger partial charge in [0.25, 0.3) is 5.56 Å². The molecule has 0 aliphatic heterocycles. The molecule has 2 N–H and O–H groups in total. The van der Waals surface area contributed by atoms with Crippen LogP contribution in [0.25, 0.3) is 10.2 Å². The van der Waals surface area contributed by atoms with Crippen molar-refractivity contribution in [2.24, 2.45) is 0 Å². The van der Waals surface area contributed by atoms with E-state index in [-0.39, 0.29) is 5.56 Å². The van der Waals surface area contributed by atoms with Gasteiger partial charge in [0.15, 0.2) is 5.11 Å². The van der Waals surface area contributed by atoms with E-state index in [1.54, 1.807) is 11.3 Å². The maximum Gasteiger partial charge on any atom is 0.259 e. The number of benzene rings is 1. The molecule has 0 fully saturated rings. The van der Waals surface area contributed by atoms with Crippen molar-refractivity contribution in [1.82, 2.24) is 20.2 Å². The highest BCUT2D eigenvalue weighted by Crippen LogP contribution is 2.33. The van der Waals surface area contributed by atoms with Crippen LogP contribution >= 0.6 is 23.6 Å². The Labute approximate surface area is 198 Å². The van der Waals surface area contributed by atoms with Crippen molar-refractivity contribution in [1.29, 1.82) is 0 Å². The highest BCUT2D eigenvalue weighted by atomic mass is 32.1. The first-order valence-electron chi connectivity index (χ1n) is 11.3. The van der Waals surface area contributed by atoms with Gasteiger partial charge in [0, 0.05) is 31.2 Å². The molecule has 2 heterocycles. The zero-order valence-electron chi connectivity index (χ0n) is 18.5. The fourth-order valence-corrected chi connectivity index (χ4v) is 5.61. The molecular formula is C24H30N4O2S2. The van der Waals surface area contributed by atoms with Gasteiger partial charge in [-0.05, 0) is 62.4 Å². The lowest BCUT2D eigenvalue weighted by atomic mass is 9.97. The molecule has 0 saturated carbocycles. The lowest BCUT2D eigenvalue weighted by molar-refractivity contribution is 0.145. The summed E-state index contributed by atoms with van der Waals surface area (Å²) >= 11 is 7.38. The molecule has 3 aromatic rings. The second kappa shape index (κ2) is 11.0. The van der Waals surface area contributed by atoms with E-state index < -0.39 is 0 Å². The van der Waals surface area contributed by atoms with Gasteiger partial charge in [0.05, 0.1) is 11.9 Å². The van der Waals surface area contributed by atoms with Crippen molar-refractivity contribution >= 4 is 38.9 Å². The van der Waals surface area contributed by atoms with Crippen molar-refractivity contribution in [2.75, 3.05) is 19.8 Å². The van der Waals surface area contributed by atoms with E-state index in [1.807, 2.05) is 25.1 Å². The Balaban J connectivity index is 1.53. The minimum absolute atomic E-state index is 0.0281. The van der Waals surface area contributed by atoms with Gasteiger partial charge >= 0.3 is 0 Å². The number of aromatic nitrogens is 2. The molecule has 8 heteroatoms. The zero-order valence-corrected chi connectivity index (χ0v) is 20.1. The van der Waals surface area contributed by atoms with Crippen molar-refractivity contribution in [2.45, 2.75) is 52.1 Å². The van der Waals surface area contributed by atoms with Crippen LogP contribution in [0.15, 0.2) is 35.1 Å². The van der Waals surface area contributed by atoms with Crippen LogP contribution in [0.4, 0.5) is 0 Å². The molecule has 1 aliphatic rings. The van der Waals surface area contributed by atoms with E-state index in [9.17, 15) is 4.79 Å². The average Bonchev–Trinajstić information content (AvgIpc) is 3.18. The highest BCUT2D eigenvalue weighted by molar-refractivity contribution is 7.80. The molecule has 32 heavy (non-hydrogen) atoms. The number of rotatable bonds is 9. The van der Waals surface area contributed by atoms with Crippen LogP contribution in [-0.2, 0) is 30.7 Å². The number of thiocarbonyl (C=S) groups is 1. The molecule has 0 unspecified atom stereocenters. The van der Waals surface area contributed by atoms with Crippen LogP contribution in [-0.4, -0.2) is 39.7 Å². The highest BCUT2D eigenvalue weighted by Gasteiger charge is 2.21. The smallest absolute Gasteiger partial charge is 0.259 e. The van der Waals surface area contributed by atoms with Crippen molar-refractivity contribution in [3.63, 3.8) is 0 Å². The number of aromatic amines is 1. The van der Waals surface area contributed by atoms with Gasteiger partial charge in [0.1, 0.15) is 10.7 Å². The largest absolute Gasteiger partial charge is 0.382 e. The average molecular weight is 471 g/mol. The first-order chi connectivity index (χ1) is 15.7. The third kappa shape index (κ3) is 5.54. The lowest BCUT2D eigenvalue weighted by Gasteiger charge is -2.25. The maximum absolute atomic E-state index is 12.9. The summed E-state index contributed by atoms with van der Waals surface area (Å²) in [6, 6.07) is 10.2. The Kier molecular flexibility index (Phi) is 7.89. The summed E-state index contributed by atoms with van der Waals surface area (Å²) in [6.45, 7) is 5.25. The van der Waals surface area contributed by atoms with Gasteiger partial charge < -0.3 is 19.9 Å². The number of hydrogen-bond donors (Lipinski definition) is 2. The number of thiophene rings is 1.